The number of rotatable bonds is 4. The van der Waals surface area contributed by atoms with E-state index in [2.05, 4.69) is 35.3 Å². The summed E-state index contributed by atoms with van der Waals surface area (Å²) in [4.78, 5) is 26.0. The van der Waals surface area contributed by atoms with Crippen LogP contribution in [0.25, 0.3) is 0 Å². The summed E-state index contributed by atoms with van der Waals surface area (Å²) in [6.45, 7) is 6.27. The topological polar surface area (TPSA) is 62.6 Å². The van der Waals surface area contributed by atoms with Crippen molar-refractivity contribution in [2.75, 3.05) is 24.5 Å². The molecule has 2 heterocycles. The Labute approximate surface area is 141 Å². The molecular formula is C19H22N2O3. The normalized spacial score (nSPS) is 17.1. The van der Waals surface area contributed by atoms with Crippen molar-refractivity contribution in [3.63, 3.8) is 0 Å². The third-order valence-electron chi connectivity index (χ3n) is 4.41. The summed E-state index contributed by atoms with van der Waals surface area (Å²) in [5.74, 6) is 0.586. The van der Waals surface area contributed by atoms with Gasteiger partial charge < -0.3 is 14.6 Å². The van der Waals surface area contributed by atoms with Crippen molar-refractivity contribution in [2.24, 2.45) is 5.92 Å². The van der Waals surface area contributed by atoms with Gasteiger partial charge in [0.15, 0.2) is 11.2 Å². The molecule has 24 heavy (non-hydrogen) atoms. The van der Waals surface area contributed by atoms with Crippen LogP contribution in [0.1, 0.15) is 28.3 Å². The predicted octanol–water partition coefficient (Wildman–Crippen LogP) is 2.51. The number of carbonyl (C=O) groups excluding carboxylic acids is 1. The number of amides is 1. The molecule has 0 aliphatic carbocycles. The highest BCUT2D eigenvalue weighted by atomic mass is 16.3. The third kappa shape index (κ3) is 3.67. The van der Waals surface area contributed by atoms with Gasteiger partial charge in [-0.15, -0.1) is 0 Å². The second kappa shape index (κ2) is 6.91. The van der Waals surface area contributed by atoms with Crippen molar-refractivity contribution < 1.29 is 9.21 Å². The Morgan fingerprint density at radius 1 is 1.29 bits per heavy atom. The zero-order chi connectivity index (χ0) is 17.1. The van der Waals surface area contributed by atoms with Crippen molar-refractivity contribution in [3.05, 3.63) is 63.7 Å². The molecule has 3 rings (SSSR count). The second-order valence-electron chi connectivity index (χ2n) is 6.37. The highest BCUT2D eigenvalue weighted by Gasteiger charge is 2.24. The molecule has 0 bridgehead atoms. The van der Waals surface area contributed by atoms with E-state index in [4.69, 9.17) is 4.42 Å². The summed E-state index contributed by atoms with van der Waals surface area (Å²) in [6, 6.07) is 11.0. The van der Waals surface area contributed by atoms with E-state index in [-0.39, 0.29) is 17.1 Å². The number of hydrogen-bond acceptors (Lipinski definition) is 4. The van der Waals surface area contributed by atoms with Crippen LogP contribution in [0.3, 0.4) is 0 Å². The van der Waals surface area contributed by atoms with E-state index in [1.54, 1.807) is 6.92 Å². The van der Waals surface area contributed by atoms with Crippen LogP contribution in [0.5, 0.6) is 0 Å². The average molecular weight is 326 g/mol. The second-order valence-corrected chi connectivity index (χ2v) is 6.37. The average Bonchev–Trinajstić information content (AvgIpc) is 3.01. The van der Waals surface area contributed by atoms with Crippen molar-refractivity contribution in [3.8, 4) is 0 Å². The molecule has 1 N–H and O–H groups in total. The van der Waals surface area contributed by atoms with E-state index >= 15 is 0 Å². The first-order valence-electron chi connectivity index (χ1n) is 8.23. The van der Waals surface area contributed by atoms with Crippen molar-refractivity contribution in [1.82, 2.24) is 5.32 Å². The van der Waals surface area contributed by atoms with Gasteiger partial charge in [-0.25, -0.2) is 0 Å². The SMILES string of the molecule is Cc1cc(=O)cc(C(=O)NC[C@@H]2CCN(c3ccccc3C)C2)o1. The molecular weight excluding hydrogens is 304 g/mol. The summed E-state index contributed by atoms with van der Waals surface area (Å²) in [7, 11) is 0. The van der Waals surface area contributed by atoms with Crippen LogP contribution in [-0.4, -0.2) is 25.5 Å². The fourth-order valence-electron chi connectivity index (χ4n) is 3.18. The Hall–Kier alpha value is -2.56. The molecule has 1 amide bonds. The molecule has 5 heteroatoms. The minimum Gasteiger partial charge on any atom is -0.456 e. The summed E-state index contributed by atoms with van der Waals surface area (Å²) >= 11 is 0. The summed E-state index contributed by atoms with van der Waals surface area (Å²) in [5, 5.41) is 2.88. The van der Waals surface area contributed by atoms with Gasteiger partial charge in [0.25, 0.3) is 5.91 Å². The molecule has 0 saturated carbocycles. The maximum atomic E-state index is 12.2. The maximum absolute atomic E-state index is 12.2. The third-order valence-corrected chi connectivity index (χ3v) is 4.41. The molecule has 1 atom stereocenters. The van der Waals surface area contributed by atoms with E-state index < -0.39 is 0 Å². The maximum Gasteiger partial charge on any atom is 0.287 e. The number of para-hydroxylation sites is 1. The zero-order valence-electron chi connectivity index (χ0n) is 14.0. The number of nitrogens with one attached hydrogen (secondary N) is 1. The smallest absolute Gasteiger partial charge is 0.287 e. The van der Waals surface area contributed by atoms with Gasteiger partial charge in [0, 0.05) is 37.5 Å². The van der Waals surface area contributed by atoms with Crippen LogP contribution in [0.2, 0.25) is 0 Å². The Kier molecular flexibility index (Phi) is 4.69. The summed E-state index contributed by atoms with van der Waals surface area (Å²) in [6.07, 6.45) is 1.03. The van der Waals surface area contributed by atoms with Crippen LogP contribution in [0.4, 0.5) is 5.69 Å². The monoisotopic (exact) mass is 326 g/mol. The standard InChI is InChI=1S/C19H22N2O3/c1-13-5-3-4-6-17(13)21-8-7-15(12-21)11-20-19(23)18-10-16(22)9-14(2)24-18/h3-6,9-10,15H,7-8,11-12H2,1-2H3,(H,20,23)/t15-/m0/s1. The van der Waals surface area contributed by atoms with Crippen molar-refractivity contribution >= 4 is 11.6 Å². The van der Waals surface area contributed by atoms with E-state index in [1.807, 2.05) is 6.07 Å². The van der Waals surface area contributed by atoms with Gasteiger partial charge in [-0.05, 0) is 37.8 Å². The number of carbonyl (C=O) groups is 1. The van der Waals surface area contributed by atoms with E-state index in [1.165, 1.54) is 23.4 Å². The van der Waals surface area contributed by atoms with Gasteiger partial charge in [0.2, 0.25) is 0 Å². The molecule has 0 spiro atoms. The van der Waals surface area contributed by atoms with Crippen molar-refractivity contribution in [2.45, 2.75) is 20.3 Å². The summed E-state index contributed by atoms with van der Waals surface area (Å²) in [5.41, 5.74) is 2.32. The largest absolute Gasteiger partial charge is 0.456 e. The van der Waals surface area contributed by atoms with Crippen LogP contribution in [0, 0.1) is 19.8 Å². The molecule has 1 aromatic heterocycles. The first-order valence-corrected chi connectivity index (χ1v) is 8.23. The van der Waals surface area contributed by atoms with Gasteiger partial charge in [0.05, 0.1) is 0 Å². The minimum atomic E-state index is -0.329. The molecule has 1 aliphatic rings. The first kappa shape index (κ1) is 16.3. The van der Waals surface area contributed by atoms with Crippen LogP contribution >= 0.6 is 0 Å². The zero-order valence-corrected chi connectivity index (χ0v) is 14.0. The molecule has 126 valence electrons. The Morgan fingerprint density at radius 2 is 2.08 bits per heavy atom. The molecule has 1 aliphatic heterocycles. The van der Waals surface area contributed by atoms with Gasteiger partial charge in [-0.2, -0.15) is 0 Å². The molecule has 2 aromatic rings. The molecule has 0 unspecified atom stereocenters. The number of anilines is 1. The molecule has 5 nitrogen and oxygen atoms in total. The van der Waals surface area contributed by atoms with E-state index in [0.717, 1.165) is 19.5 Å². The van der Waals surface area contributed by atoms with Crippen molar-refractivity contribution in [1.29, 1.82) is 0 Å². The van der Waals surface area contributed by atoms with Crippen LogP contribution in [0.15, 0.2) is 45.6 Å². The van der Waals surface area contributed by atoms with Gasteiger partial charge in [0.1, 0.15) is 5.76 Å². The lowest BCUT2D eigenvalue weighted by atomic mass is 10.1. The quantitative estimate of drug-likeness (QED) is 0.938. The fraction of sp³-hybridized carbons (Fsp3) is 0.368. The molecule has 1 fully saturated rings. The van der Waals surface area contributed by atoms with E-state index in [9.17, 15) is 9.59 Å². The van der Waals surface area contributed by atoms with Gasteiger partial charge in [-0.3, -0.25) is 9.59 Å². The fourth-order valence-corrected chi connectivity index (χ4v) is 3.18. The number of aryl methyl sites for hydroxylation is 2. The Balaban J connectivity index is 1.57. The summed E-state index contributed by atoms with van der Waals surface area (Å²) < 4.78 is 5.32. The molecule has 1 aromatic carbocycles. The molecule has 1 saturated heterocycles. The predicted molar refractivity (Wildman–Crippen MR) is 93.5 cm³/mol. The minimum absolute atomic E-state index is 0.0776. The van der Waals surface area contributed by atoms with Crippen LogP contribution in [-0.2, 0) is 0 Å². The number of hydrogen-bond donors (Lipinski definition) is 1. The lowest BCUT2D eigenvalue weighted by Gasteiger charge is -2.21. The van der Waals surface area contributed by atoms with Gasteiger partial charge >= 0.3 is 0 Å². The number of benzene rings is 1. The lowest BCUT2D eigenvalue weighted by molar-refractivity contribution is 0.0916. The Bertz CT molecular complexity index is 797. The van der Waals surface area contributed by atoms with E-state index in [0.29, 0.717) is 18.2 Å². The lowest BCUT2D eigenvalue weighted by Crippen LogP contribution is -2.31. The Morgan fingerprint density at radius 3 is 2.83 bits per heavy atom. The van der Waals surface area contributed by atoms with Gasteiger partial charge in [-0.1, -0.05) is 18.2 Å². The number of nitrogens with zero attached hydrogens (tertiary/aromatic N) is 1. The van der Waals surface area contributed by atoms with Crippen LogP contribution < -0.4 is 15.6 Å². The molecule has 0 radical (unpaired) electrons. The first-order chi connectivity index (χ1) is 11.5. The highest BCUT2D eigenvalue weighted by molar-refractivity contribution is 5.91. The highest BCUT2D eigenvalue weighted by Crippen LogP contribution is 2.26.